The Morgan fingerprint density at radius 3 is 2.67 bits per heavy atom. The third-order valence-electron chi connectivity index (χ3n) is 2.65. The number of ether oxygens (including phenoxy) is 1. The second-order valence-corrected chi connectivity index (χ2v) is 3.74. The Balaban J connectivity index is 2.79. The summed E-state index contributed by atoms with van der Waals surface area (Å²) >= 11 is 0. The van der Waals surface area contributed by atoms with E-state index in [4.69, 9.17) is 4.74 Å². The van der Waals surface area contributed by atoms with Crippen LogP contribution in [0.15, 0.2) is 11.6 Å². The average Bonchev–Trinajstić information content (AvgIpc) is 2.06. The van der Waals surface area contributed by atoms with Crippen LogP contribution in [0.1, 0.15) is 27.2 Å². The minimum absolute atomic E-state index is 0.232. The summed E-state index contributed by atoms with van der Waals surface area (Å²) in [7, 11) is 0. The molecule has 1 aliphatic rings. The molecular formula is C10H16O2. The lowest BCUT2D eigenvalue weighted by atomic mass is 9.78. The molecule has 68 valence electrons. The van der Waals surface area contributed by atoms with Crippen LogP contribution in [0.25, 0.3) is 0 Å². The quantitative estimate of drug-likeness (QED) is 0.589. The third kappa shape index (κ3) is 1.75. The Morgan fingerprint density at radius 1 is 1.58 bits per heavy atom. The van der Waals surface area contributed by atoms with Crippen molar-refractivity contribution in [3.63, 3.8) is 0 Å². The van der Waals surface area contributed by atoms with E-state index in [1.54, 1.807) is 6.92 Å². The van der Waals surface area contributed by atoms with Gasteiger partial charge in [-0.05, 0) is 27.2 Å². The molecule has 0 saturated carbocycles. The summed E-state index contributed by atoms with van der Waals surface area (Å²) in [5, 5.41) is 0. The number of rotatable bonds is 2. The molecule has 12 heavy (non-hydrogen) atoms. The molecule has 0 aromatic heterocycles. The highest BCUT2D eigenvalue weighted by atomic mass is 16.5. The average molecular weight is 168 g/mol. The molecule has 0 atom stereocenters. The first-order chi connectivity index (χ1) is 5.55. The fourth-order valence-electron chi connectivity index (χ4n) is 1.32. The Bertz CT molecular complexity index is 214. The highest BCUT2D eigenvalue weighted by Crippen LogP contribution is 2.31. The van der Waals surface area contributed by atoms with Crippen LogP contribution >= 0.6 is 0 Å². The fourth-order valence-corrected chi connectivity index (χ4v) is 1.32. The SMILES string of the molecule is CC(=O)C(C)(C)C1=CCOCC1. The first-order valence-corrected chi connectivity index (χ1v) is 4.33. The van der Waals surface area contributed by atoms with Crippen LogP contribution in [-0.2, 0) is 9.53 Å². The predicted octanol–water partition coefficient (Wildman–Crippen LogP) is 1.95. The predicted molar refractivity (Wildman–Crippen MR) is 48.0 cm³/mol. The van der Waals surface area contributed by atoms with Gasteiger partial charge in [0.15, 0.2) is 0 Å². The molecule has 0 unspecified atom stereocenters. The summed E-state index contributed by atoms with van der Waals surface area (Å²) in [6.45, 7) is 7.02. The van der Waals surface area contributed by atoms with Crippen LogP contribution in [0.4, 0.5) is 0 Å². The molecule has 0 fully saturated rings. The first-order valence-electron chi connectivity index (χ1n) is 4.33. The van der Waals surface area contributed by atoms with Gasteiger partial charge in [-0.3, -0.25) is 4.79 Å². The van der Waals surface area contributed by atoms with E-state index in [1.807, 2.05) is 19.9 Å². The van der Waals surface area contributed by atoms with E-state index in [0.29, 0.717) is 6.61 Å². The molecule has 1 heterocycles. The van der Waals surface area contributed by atoms with E-state index < -0.39 is 0 Å². The molecule has 2 nitrogen and oxygen atoms in total. The third-order valence-corrected chi connectivity index (χ3v) is 2.65. The van der Waals surface area contributed by atoms with E-state index >= 15 is 0 Å². The van der Waals surface area contributed by atoms with Crippen LogP contribution < -0.4 is 0 Å². The van der Waals surface area contributed by atoms with Gasteiger partial charge in [0.05, 0.1) is 13.2 Å². The number of hydrogen-bond donors (Lipinski definition) is 0. The summed E-state index contributed by atoms with van der Waals surface area (Å²) in [5.41, 5.74) is 0.935. The van der Waals surface area contributed by atoms with Crippen molar-refractivity contribution in [1.82, 2.24) is 0 Å². The zero-order valence-electron chi connectivity index (χ0n) is 8.02. The molecule has 0 spiro atoms. The van der Waals surface area contributed by atoms with Gasteiger partial charge in [-0.25, -0.2) is 0 Å². The van der Waals surface area contributed by atoms with Crippen molar-refractivity contribution < 1.29 is 9.53 Å². The minimum Gasteiger partial charge on any atom is -0.377 e. The largest absolute Gasteiger partial charge is 0.377 e. The smallest absolute Gasteiger partial charge is 0.139 e. The van der Waals surface area contributed by atoms with Crippen molar-refractivity contribution in [2.24, 2.45) is 5.41 Å². The van der Waals surface area contributed by atoms with E-state index in [9.17, 15) is 4.79 Å². The molecule has 0 aromatic rings. The molecule has 0 radical (unpaired) electrons. The molecule has 0 aromatic carbocycles. The Hall–Kier alpha value is -0.630. The zero-order valence-corrected chi connectivity index (χ0v) is 8.02. The topological polar surface area (TPSA) is 26.3 Å². The van der Waals surface area contributed by atoms with E-state index in [1.165, 1.54) is 5.57 Å². The number of carbonyl (C=O) groups excluding carboxylic acids is 1. The van der Waals surface area contributed by atoms with Gasteiger partial charge in [0.1, 0.15) is 5.78 Å². The van der Waals surface area contributed by atoms with Crippen molar-refractivity contribution in [1.29, 1.82) is 0 Å². The molecule has 0 N–H and O–H groups in total. The monoisotopic (exact) mass is 168 g/mol. The van der Waals surface area contributed by atoms with E-state index in [-0.39, 0.29) is 11.2 Å². The van der Waals surface area contributed by atoms with Crippen LogP contribution in [0.3, 0.4) is 0 Å². The van der Waals surface area contributed by atoms with Crippen molar-refractivity contribution in [3.05, 3.63) is 11.6 Å². The van der Waals surface area contributed by atoms with Gasteiger partial charge >= 0.3 is 0 Å². The lowest BCUT2D eigenvalue weighted by Crippen LogP contribution is -2.26. The Morgan fingerprint density at radius 2 is 2.25 bits per heavy atom. The molecule has 2 heteroatoms. The summed E-state index contributed by atoms with van der Waals surface area (Å²) in [4.78, 5) is 11.3. The van der Waals surface area contributed by atoms with Crippen LogP contribution in [0, 0.1) is 5.41 Å². The molecule has 0 saturated heterocycles. The highest BCUT2D eigenvalue weighted by Gasteiger charge is 2.28. The second-order valence-electron chi connectivity index (χ2n) is 3.74. The molecule has 1 rings (SSSR count). The van der Waals surface area contributed by atoms with Gasteiger partial charge in [0.25, 0.3) is 0 Å². The lowest BCUT2D eigenvalue weighted by Gasteiger charge is -2.27. The molecule has 0 aliphatic carbocycles. The Kier molecular flexibility index (Phi) is 2.68. The summed E-state index contributed by atoms with van der Waals surface area (Å²) in [6, 6.07) is 0. The van der Waals surface area contributed by atoms with E-state index in [0.717, 1.165) is 13.0 Å². The summed E-state index contributed by atoms with van der Waals surface area (Å²) in [5.74, 6) is 0.232. The Labute approximate surface area is 73.6 Å². The number of ketones is 1. The maximum absolute atomic E-state index is 11.3. The van der Waals surface area contributed by atoms with Crippen molar-refractivity contribution in [3.8, 4) is 0 Å². The molecule has 0 bridgehead atoms. The zero-order chi connectivity index (χ0) is 9.19. The van der Waals surface area contributed by atoms with Crippen molar-refractivity contribution >= 4 is 5.78 Å². The summed E-state index contributed by atoms with van der Waals surface area (Å²) < 4.78 is 5.19. The van der Waals surface area contributed by atoms with Gasteiger partial charge in [0, 0.05) is 5.41 Å². The van der Waals surface area contributed by atoms with Gasteiger partial charge in [-0.1, -0.05) is 11.6 Å². The molecular weight excluding hydrogens is 152 g/mol. The standard InChI is InChI=1S/C10H16O2/c1-8(11)10(2,3)9-4-6-12-7-5-9/h4H,5-7H2,1-3H3. The van der Waals surface area contributed by atoms with Crippen molar-refractivity contribution in [2.45, 2.75) is 27.2 Å². The number of carbonyl (C=O) groups is 1. The van der Waals surface area contributed by atoms with Gasteiger partial charge in [0.2, 0.25) is 0 Å². The minimum atomic E-state index is -0.288. The number of hydrogen-bond acceptors (Lipinski definition) is 2. The fraction of sp³-hybridized carbons (Fsp3) is 0.700. The normalized spacial score (nSPS) is 18.8. The highest BCUT2D eigenvalue weighted by molar-refractivity contribution is 5.84. The first kappa shape index (κ1) is 9.46. The maximum Gasteiger partial charge on any atom is 0.139 e. The van der Waals surface area contributed by atoms with E-state index in [2.05, 4.69) is 0 Å². The molecule has 0 amide bonds. The van der Waals surface area contributed by atoms with Crippen molar-refractivity contribution in [2.75, 3.05) is 13.2 Å². The van der Waals surface area contributed by atoms with Gasteiger partial charge < -0.3 is 4.74 Å². The van der Waals surface area contributed by atoms with Crippen LogP contribution in [0.5, 0.6) is 0 Å². The maximum atomic E-state index is 11.3. The summed E-state index contributed by atoms with van der Waals surface area (Å²) in [6.07, 6.45) is 2.93. The lowest BCUT2D eigenvalue weighted by molar-refractivity contribution is -0.123. The van der Waals surface area contributed by atoms with Crippen LogP contribution in [0.2, 0.25) is 0 Å². The molecule has 1 aliphatic heterocycles. The second kappa shape index (κ2) is 3.40. The number of Topliss-reactive ketones (excluding diaryl/α,β-unsaturated/α-hetero) is 1. The van der Waals surface area contributed by atoms with Gasteiger partial charge in [-0.15, -0.1) is 0 Å². The van der Waals surface area contributed by atoms with Crippen LogP contribution in [-0.4, -0.2) is 19.0 Å². The van der Waals surface area contributed by atoms with Gasteiger partial charge in [-0.2, -0.15) is 0 Å².